The van der Waals surface area contributed by atoms with Crippen LogP contribution < -0.4 is 4.90 Å². The fourth-order valence-corrected chi connectivity index (χ4v) is 13.2. The van der Waals surface area contributed by atoms with Crippen LogP contribution in [0, 0.1) is 0 Å². The Kier molecular flexibility index (Phi) is 7.40. The van der Waals surface area contributed by atoms with Gasteiger partial charge in [0.2, 0.25) is 0 Å². The Morgan fingerprint density at radius 3 is 1.26 bits per heavy atom. The van der Waals surface area contributed by atoms with Crippen molar-refractivity contribution >= 4 is 46.1 Å². The second-order valence-corrected chi connectivity index (χ2v) is 17.5. The number of benzene rings is 6. The summed E-state index contributed by atoms with van der Waals surface area (Å²) in [7, 11) is 0. The zero-order chi connectivity index (χ0) is 35.6. The molecule has 1 aliphatic heterocycles. The van der Waals surface area contributed by atoms with Crippen LogP contribution in [0.4, 0.5) is 17.1 Å². The van der Waals surface area contributed by atoms with Gasteiger partial charge in [-0.25, -0.2) is 4.98 Å². The second kappa shape index (κ2) is 12.6. The summed E-state index contributed by atoms with van der Waals surface area (Å²) in [6.45, 7) is 0. The SMILES string of the molecule is c1ccc(-c2ccc(-c3nc(-c4ccccc4)nc(-c4ccc(N5c6ccccc6C6(c7ccccc75)c5cc[se]c5-c5[se]ccc56)cc4)n3)cc2)cc1. The standard InChI is InChI=1S/C48H30N4Se2/c1-3-11-31(12-4-1)32-19-21-34(22-20-32)46-49-45(33-13-5-2-6-14-33)50-47(51-46)35-23-25-36(26-24-35)52-41-17-9-7-15-37(41)48(38-16-8-10-18-42(38)52)39-27-29-53-43(39)44-40(48)28-30-54-44/h1-30H. The Morgan fingerprint density at radius 1 is 0.352 bits per heavy atom. The first-order valence-electron chi connectivity index (χ1n) is 18.0. The molecule has 0 fully saturated rings. The molecular weight excluding hydrogens is 790 g/mol. The molecule has 4 nitrogen and oxygen atoms in total. The van der Waals surface area contributed by atoms with Crippen molar-refractivity contribution in [3.05, 3.63) is 202 Å². The Labute approximate surface area is 325 Å². The molecule has 9 aromatic rings. The third-order valence-corrected chi connectivity index (χ3v) is 15.3. The Bertz CT molecular complexity index is 2730. The quantitative estimate of drug-likeness (QED) is 0.162. The number of rotatable bonds is 5. The van der Waals surface area contributed by atoms with E-state index in [9.17, 15) is 0 Å². The predicted octanol–water partition coefficient (Wildman–Crippen LogP) is 10.8. The summed E-state index contributed by atoms with van der Waals surface area (Å²) in [5, 5.41) is 0. The topological polar surface area (TPSA) is 41.9 Å². The summed E-state index contributed by atoms with van der Waals surface area (Å²) in [4.78, 5) is 22.4. The van der Waals surface area contributed by atoms with Gasteiger partial charge in [0.1, 0.15) is 0 Å². The van der Waals surface area contributed by atoms with Crippen molar-refractivity contribution < 1.29 is 0 Å². The van der Waals surface area contributed by atoms with Crippen LogP contribution in [0.3, 0.4) is 0 Å². The van der Waals surface area contributed by atoms with Crippen molar-refractivity contribution in [2.24, 2.45) is 0 Å². The van der Waals surface area contributed by atoms with Crippen LogP contribution in [-0.4, -0.2) is 44.0 Å². The third kappa shape index (κ3) is 4.78. The Hall–Kier alpha value is -5.87. The molecule has 0 atom stereocenters. The zero-order valence-electron chi connectivity index (χ0n) is 28.9. The van der Waals surface area contributed by atoms with E-state index in [0.717, 1.165) is 27.9 Å². The van der Waals surface area contributed by atoms with Gasteiger partial charge in [0, 0.05) is 11.1 Å². The molecule has 3 aromatic heterocycles. The van der Waals surface area contributed by atoms with Crippen LogP contribution in [0.5, 0.6) is 0 Å². The molecule has 4 heterocycles. The number of nitrogens with zero attached hydrogens (tertiary/aromatic N) is 4. The van der Waals surface area contributed by atoms with Crippen LogP contribution in [0.1, 0.15) is 22.3 Å². The van der Waals surface area contributed by atoms with Crippen LogP contribution in [0.15, 0.2) is 180 Å². The van der Waals surface area contributed by atoms with Gasteiger partial charge in [0.25, 0.3) is 0 Å². The number of hydrogen-bond acceptors (Lipinski definition) is 4. The predicted molar refractivity (Wildman–Crippen MR) is 221 cm³/mol. The van der Waals surface area contributed by atoms with Gasteiger partial charge in [-0.2, -0.15) is 0 Å². The molecule has 0 radical (unpaired) electrons. The van der Waals surface area contributed by atoms with Crippen molar-refractivity contribution in [2.45, 2.75) is 5.41 Å². The third-order valence-electron chi connectivity index (χ3n) is 10.7. The van der Waals surface area contributed by atoms with Gasteiger partial charge in [-0.3, -0.25) is 0 Å². The molecule has 0 unspecified atom stereocenters. The van der Waals surface area contributed by atoms with Gasteiger partial charge in [0.15, 0.2) is 11.6 Å². The molecular formula is C48H30N4Se2. The average Bonchev–Trinajstić information content (AvgIpc) is 3.99. The van der Waals surface area contributed by atoms with Gasteiger partial charge in [-0.15, -0.1) is 0 Å². The van der Waals surface area contributed by atoms with E-state index in [1.165, 1.54) is 39.2 Å². The number of anilines is 3. The first kappa shape index (κ1) is 31.6. The van der Waals surface area contributed by atoms with E-state index < -0.39 is 0 Å². The molecule has 2 aliphatic rings. The molecule has 1 spiro atoms. The maximum atomic E-state index is 5.07. The number of hydrogen-bond donors (Lipinski definition) is 0. The fourth-order valence-electron chi connectivity index (χ4n) is 8.36. The van der Waals surface area contributed by atoms with E-state index in [1.54, 1.807) is 8.87 Å². The van der Waals surface area contributed by atoms with Crippen molar-refractivity contribution in [1.82, 2.24) is 15.0 Å². The first-order valence-corrected chi connectivity index (χ1v) is 21.7. The van der Waals surface area contributed by atoms with Gasteiger partial charge >= 0.3 is 204 Å². The second-order valence-electron chi connectivity index (χ2n) is 13.6. The Morgan fingerprint density at radius 2 is 0.741 bits per heavy atom. The molecule has 254 valence electrons. The van der Waals surface area contributed by atoms with E-state index in [-0.39, 0.29) is 5.41 Å². The van der Waals surface area contributed by atoms with Crippen molar-refractivity contribution in [3.8, 4) is 54.2 Å². The maximum absolute atomic E-state index is 5.07. The molecule has 0 saturated heterocycles. The van der Waals surface area contributed by atoms with Gasteiger partial charge in [-0.05, 0) is 11.1 Å². The molecule has 0 amide bonds. The Balaban J connectivity index is 1.02. The minimum Gasteiger partial charge on any atom is -0.0617 e. The normalized spacial score (nSPS) is 13.3. The molecule has 0 N–H and O–H groups in total. The van der Waals surface area contributed by atoms with Crippen molar-refractivity contribution in [3.63, 3.8) is 0 Å². The smallest absolute Gasteiger partial charge is 0.0617 e. The van der Waals surface area contributed by atoms with Crippen LogP contribution >= 0.6 is 0 Å². The van der Waals surface area contributed by atoms with Crippen LogP contribution in [0.25, 0.3) is 54.2 Å². The number of fused-ring (bicyclic) bond motifs is 9. The summed E-state index contributed by atoms with van der Waals surface area (Å²) < 4.78 is 3.20. The minimum atomic E-state index is -0.286. The van der Waals surface area contributed by atoms with E-state index in [2.05, 4.69) is 160 Å². The zero-order valence-corrected chi connectivity index (χ0v) is 32.4. The molecule has 6 aromatic carbocycles. The van der Waals surface area contributed by atoms with Crippen LogP contribution in [0.2, 0.25) is 0 Å². The average molecular weight is 821 g/mol. The van der Waals surface area contributed by atoms with Crippen molar-refractivity contribution in [2.75, 3.05) is 4.90 Å². The van der Waals surface area contributed by atoms with Gasteiger partial charge in [0.05, 0.1) is 0 Å². The van der Waals surface area contributed by atoms with Crippen LogP contribution in [-0.2, 0) is 5.41 Å². The first-order chi connectivity index (χ1) is 26.8. The number of aromatic nitrogens is 3. The summed E-state index contributed by atoms with van der Waals surface area (Å²) in [6, 6.07) is 60.7. The molecule has 54 heavy (non-hydrogen) atoms. The van der Waals surface area contributed by atoms with E-state index in [0.29, 0.717) is 46.5 Å². The van der Waals surface area contributed by atoms with Gasteiger partial charge in [-0.1, -0.05) is 84.9 Å². The summed E-state index contributed by atoms with van der Waals surface area (Å²) in [5.41, 5.74) is 14.1. The summed E-state index contributed by atoms with van der Waals surface area (Å²) in [6.07, 6.45) is 0. The fraction of sp³-hybridized carbons (Fsp3) is 0.0208. The molecule has 1 aliphatic carbocycles. The summed E-state index contributed by atoms with van der Waals surface area (Å²) in [5.74, 6) is 1.94. The summed E-state index contributed by atoms with van der Waals surface area (Å²) >= 11 is 0.760. The minimum absolute atomic E-state index is 0.286. The molecule has 0 saturated carbocycles. The van der Waals surface area contributed by atoms with Gasteiger partial charge < -0.3 is 0 Å². The monoisotopic (exact) mass is 822 g/mol. The molecule has 11 rings (SSSR count). The van der Waals surface area contributed by atoms with E-state index in [1.807, 2.05) is 24.3 Å². The number of para-hydroxylation sites is 2. The van der Waals surface area contributed by atoms with E-state index >= 15 is 0 Å². The van der Waals surface area contributed by atoms with E-state index in [4.69, 9.17) is 15.0 Å². The molecule has 6 heteroatoms. The molecule has 0 bridgehead atoms. The van der Waals surface area contributed by atoms with Crippen molar-refractivity contribution in [1.29, 1.82) is 0 Å².